The van der Waals surface area contributed by atoms with Crippen LogP contribution in [0.2, 0.25) is 23.3 Å². The molecule has 0 bridgehead atoms. The normalized spacial score (nSPS) is 22.6. The van der Waals surface area contributed by atoms with E-state index in [0.29, 0.717) is 28.8 Å². The van der Waals surface area contributed by atoms with Gasteiger partial charge < -0.3 is 23.5 Å². The third kappa shape index (κ3) is 6.26. The molecular weight excluding hydrogens is 778 g/mol. The number of benzene rings is 2. The van der Waals surface area contributed by atoms with Crippen LogP contribution in [0.3, 0.4) is 0 Å². The molecule has 53 heavy (non-hydrogen) atoms. The van der Waals surface area contributed by atoms with Crippen LogP contribution in [0.1, 0.15) is 76.4 Å². The van der Waals surface area contributed by atoms with Gasteiger partial charge in [0.25, 0.3) is 5.88 Å². The molecule has 2 heterocycles. The molecule has 4 aromatic rings. The van der Waals surface area contributed by atoms with Gasteiger partial charge in [0.2, 0.25) is 5.78 Å². The van der Waals surface area contributed by atoms with Crippen molar-refractivity contribution in [3.63, 3.8) is 0 Å². The summed E-state index contributed by atoms with van der Waals surface area (Å²) >= 11 is 10.3. The number of rotatable bonds is 9. The Morgan fingerprint density at radius 1 is 1.00 bits per heavy atom. The molecule has 4 atom stereocenters. The molecule has 0 saturated carbocycles. The van der Waals surface area contributed by atoms with Gasteiger partial charge in [0, 0.05) is 17.1 Å². The predicted octanol–water partition coefficient (Wildman–Crippen LogP) is 9.09. The molecule has 0 amide bonds. The van der Waals surface area contributed by atoms with E-state index in [2.05, 4.69) is 46.8 Å². The second-order valence-electron chi connectivity index (χ2n) is 15.8. The number of fused-ring (bicyclic) bond motifs is 4. The second-order valence-corrected chi connectivity index (χ2v) is 21.7. The van der Waals surface area contributed by atoms with Crippen LogP contribution >= 0.6 is 27.5 Å². The third-order valence-corrected chi connectivity index (χ3v) is 16.6. The topological polar surface area (TPSA) is 124 Å². The zero-order valence-corrected chi connectivity index (χ0v) is 34.2. The van der Waals surface area contributed by atoms with Crippen LogP contribution < -0.4 is 9.47 Å². The van der Waals surface area contributed by atoms with Gasteiger partial charge in [-0.1, -0.05) is 93.0 Å². The Kier molecular flexibility index (Phi) is 9.76. The van der Waals surface area contributed by atoms with Crippen molar-refractivity contribution in [2.45, 2.75) is 76.6 Å². The molecule has 0 saturated heterocycles. The maximum atomic E-state index is 15.4. The van der Waals surface area contributed by atoms with Gasteiger partial charge in [-0.2, -0.15) is 0 Å². The van der Waals surface area contributed by atoms with Gasteiger partial charge in [-0.25, -0.2) is 4.98 Å². The number of ketones is 2. The Hall–Kier alpha value is -3.81. The summed E-state index contributed by atoms with van der Waals surface area (Å²) < 4.78 is 26.0. The summed E-state index contributed by atoms with van der Waals surface area (Å²) in [6.07, 6.45) is 0.659. The second kappa shape index (κ2) is 13.8. The van der Waals surface area contributed by atoms with E-state index in [1.165, 1.54) is 0 Å². The molecule has 2 aromatic carbocycles. The Morgan fingerprint density at radius 2 is 1.60 bits per heavy atom. The van der Waals surface area contributed by atoms with Gasteiger partial charge in [0.15, 0.2) is 36.4 Å². The molecule has 2 aromatic heterocycles. The Balaban J connectivity index is 1.41. The average Bonchev–Trinajstić information content (AvgIpc) is 3.52. The summed E-state index contributed by atoms with van der Waals surface area (Å²) in [6.45, 7) is 10.6. The fourth-order valence-corrected chi connectivity index (χ4v) is 10.0. The molecule has 7 rings (SSSR count). The lowest BCUT2D eigenvalue weighted by atomic mass is 9.58. The minimum Gasteiger partial charge on any atom is -0.508 e. The van der Waals surface area contributed by atoms with Crippen molar-refractivity contribution in [2.75, 3.05) is 14.1 Å². The van der Waals surface area contributed by atoms with Crippen molar-refractivity contribution >= 4 is 47.4 Å². The molecule has 3 aliphatic rings. The number of hydrogen-bond donors (Lipinski definition) is 1. The van der Waals surface area contributed by atoms with Crippen LogP contribution in [-0.2, 0) is 24.1 Å². The number of aliphatic hydroxyl groups excluding tert-OH is 1. The summed E-state index contributed by atoms with van der Waals surface area (Å²) in [5.41, 5.74) is 0.860. The van der Waals surface area contributed by atoms with Gasteiger partial charge in [-0.05, 0) is 83.2 Å². The highest BCUT2D eigenvalue weighted by Gasteiger charge is 2.67. The molecule has 13 heteroatoms. The highest BCUT2D eigenvalue weighted by molar-refractivity contribution is 9.10. The highest BCUT2D eigenvalue weighted by Crippen LogP contribution is 2.60. The molecule has 3 aliphatic carbocycles. The van der Waals surface area contributed by atoms with Crippen molar-refractivity contribution in [1.29, 1.82) is 0 Å². The first-order chi connectivity index (χ1) is 25.1. The fourth-order valence-electron chi connectivity index (χ4n) is 7.69. The minimum atomic E-state index is -2.88. The maximum absolute atomic E-state index is 15.4. The molecule has 0 aliphatic heterocycles. The smallest absolute Gasteiger partial charge is 0.265 e. The monoisotopic (exact) mass is 819 g/mol. The lowest BCUT2D eigenvalue weighted by Crippen LogP contribution is -2.65. The van der Waals surface area contributed by atoms with Gasteiger partial charge >= 0.3 is 0 Å². The largest absolute Gasteiger partial charge is 0.508 e. The van der Waals surface area contributed by atoms with E-state index in [1.807, 2.05) is 92.8 Å². The number of halogens is 2. The summed E-state index contributed by atoms with van der Waals surface area (Å²) in [6, 6.07) is 18.5. The van der Waals surface area contributed by atoms with Crippen molar-refractivity contribution < 1.29 is 33.1 Å². The number of carbonyl (C=O) groups excluding carboxylic acids is 2. The van der Waals surface area contributed by atoms with E-state index in [9.17, 15) is 9.90 Å². The summed E-state index contributed by atoms with van der Waals surface area (Å²) in [5, 5.41) is 16.8. The standard InChI is InChI=1S/C40H43BrClN3O7Si/c1-39(2,3)53(6,7)52-40-26(30(45(4)5)32-29(35(40)48)38(44-51-32)50-21-23-16-12-9-13-17-23)19-24-18-25-28(31(46)27(24)34(40)47)33(37(42)43-36(25)41)49-20-22-14-10-8-11-15-22/h8-17,24,26,30,47H,18-21H2,1-7H3/t24-,26-,30-,40-/m0/s1. The van der Waals surface area contributed by atoms with Gasteiger partial charge in [0.05, 0.1) is 11.6 Å². The highest BCUT2D eigenvalue weighted by atomic mass is 79.9. The molecule has 0 unspecified atom stereocenters. The van der Waals surface area contributed by atoms with E-state index in [0.717, 1.165) is 11.1 Å². The molecule has 1 N–H and O–H groups in total. The van der Waals surface area contributed by atoms with E-state index in [-0.39, 0.29) is 51.7 Å². The number of allylic oxidation sites excluding steroid dienone is 1. The van der Waals surface area contributed by atoms with Crippen LogP contribution in [0.5, 0.6) is 11.6 Å². The zero-order chi connectivity index (χ0) is 38.0. The van der Waals surface area contributed by atoms with Crippen LogP contribution in [0.15, 0.2) is 81.1 Å². The number of nitrogens with zero attached hydrogens (tertiary/aromatic N) is 3. The van der Waals surface area contributed by atoms with Crippen LogP contribution in [0, 0.1) is 11.8 Å². The lowest BCUT2D eigenvalue weighted by Gasteiger charge is -2.55. The summed E-state index contributed by atoms with van der Waals surface area (Å²) in [7, 11) is 0.911. The number of Topliss-reactive ketones (excluding diaryl/α,β-unsaturated/α-hetero) is 2. The molecular formula is C40H43BrClN3O7Si. The first-order valence-electron chi connectivity index (χ1n) is 17.7. The number of ether oxygens (including phenoxy) is 2. The number of aliphatic hydroxyl groups is 1. The van der Waals surface area contributed by atoms with Gasteiger partial charge in [0.1, 0.15) is 29.1 Å². The number of aromatic nitrogens is 2. The van der Waals surface area contributed by atoms with Gasteiger partial charge in [-0.3, -0.25) is 14.5 Å². The lowest BCUT2D eigenvalue weighted by molar-refractivity contribution is -0.0480. The number of hydrogen-bond acceptors (Lipinski definition) is 10. The molecule has 10 nitrogen and oxygen atoms in total. The van der Waals surface area contributed by atoms with E-state index in [4.69, 9.17) is 30.0 Å². The summed E-state index contributed by atoms with van der Waals surface area (Å²) in [5.74, 6) is -2.08. The molecule has 0 fully saturated rings. The SMILES string of the molecule is CN(C)[C@@H]1c2onc(OCc3ccccc3)c2C(=O)[C@@]2(O[Si](C)(C)C(C)(C)C)C(O)=C3C(=O)c4c(c(Br)nc(Cl)c4OCc4ccccc4)C[C@H]3C[C@@H]12. The first kappa shape index (κ1) is 37.5. The van der Waals surface area contributed by atoms with Crippen molar-refractivity contribution in [1.82, 2.24) is 15.0 Å². The van der Waals surface area contributed by atoms with Crippen molar-refractivity contribution in [2.24, 2.45) is 11.8 Å². The van der Waals surface area contributed by atoms with Crippen LogP contribution in [-0.4, -0.2) is 59.7 Å². The van der Waals surface area contributed by atoms with Crippen molar-refractivity contribution in [3.8, 4) is 11.6 Å². The minimum absolute atomic E-state index is 0.00935. The van der Waals surface area contributed by atoms with Crippen LogP contribution in [0.25, 0.3) is 0 Å². The van der Waals surface area contributed by atoms with E-state index in [1.54, 1.807) is 0 Å². The van der Waals surface area contributed by atoms with E-state index >= 15 is 4.79 Å². The van der Waals surface area contributed by atoms with Crippen LogP contribution in [0.4, 0.5) is 0 Å². The first-order valence-corrected chi connectivity index (χ1v) is 21.7. The van der Waals surface area contributed by atoms with E-state index < -0.39 is 49.1 Å². The van der Waals surface area contributed by atoms with Crippen molar-refractivity contribution in [3.05, 3.63) is 115 Å². The quantitative estimate of drug-likeness (QED) is 0.129. The Labute approximate surface area is 323 Å². The number of carbonyl (C=O) groups is 2. The average molecular weight is 821 g/mol. The Bertz CT molecular complexity index is 2120. The van der Waals surface area contributed by atoms with Gasteiger partial charge in [-0.15, -0.1) is 0 Å². The molecule has 0 radical (unpaired) electrons. The maximum Gasteiger partial charge on any atom is 0.265 e. The zero-order valence-electron chi connectivity index (χ0n) is 30.8. The molecule has 0 spiro atoms. The predicted molar refractivity (Wildman–Crippen MR) is 206 cm³/mol. The fraction of sp³-hybridized carbons (Fsp3) is 0.400. The Morgan fingerprint density at radius 3 is 2.19 bits per heavy atom. The molecule has 278 valence electrons. The third-order valence-electron chi connectivity index (χ3n) is 11.3. The summed E-state index contributed by atoms with van der Waals surface area (Å²) in [4.78, 5) is 36.9. The number of pyridine rings is 1.